The third-order valence-electron chi connectivity index (χ3n) is 7.20. The molecule has 0 aliphatic carbocycles. The van der Waals surface area contributed by atoms with Crippen molar-refractivity contribution in [1.29, 1.82) is 0 Å². The topological polar surface area (TPSA) is 150 Å². The number of ether oxygens (including phenoxy) is 4. The van der Waals surface area contributed by atoms with E-state index in [0.717, 1.165) is 25.3 Å². The van der Waals surface area contributed by atoms with Gasteiger partial charge < -0.3 is 28.2 Å². The predicted octanol–water partition coefficient (Wildman–Crippen LogP) is 8.34. The smallest absolute Gasteiger partial charge is 0.861 e. The Balaban J connectivity index is -0.000000150. The average molecular weight is 909 g/mol. The van der Waals surface area contributed by atoms with E-state index in [1.165, 1.54) is 13.8 Å². The molecule has 0 aromatic carbocycles. The second kappa shape index (κ2) is 29.5. The minimum absolute atomic E-state index is 0. The fraction of sp³-hybridized carbons (Fsp3) is 0.912. The Labute approximate surface area is 332 Å². The van der Waals surface area contributed by atoms with Crippen LogP contribution < -0.4 is 5.11 Å². The summed E-state index contributed by atoms with van der Waals surface area (Å²) in [5.41, 5.74) is -7.09. The molecule has 1 unspecified atom stereocenters. The third kappa shape index (κ3) is 31.5. The van der Waals surface area contributed by atoms with E-state index in [1.54, 1.807) is 6.92 Å². The van der Waals surface area contributed by atoms with Crippen LogP contribution in [0, 0.1) is 16.7 Å². The molecule has 0 saturated carbocycles. The number of nitrogens with zero attached hydrogens (tertiary/aromatic N) is 1. The maximum Gasteiger partial charge on any atom is 1.00 e. The Kier molecular flexibility index (Phi) is 35.8. The summed E-state index contributed by atoms with van der Waals surface area (Å²) >= 11 is 0. The Morgan fingerprint density at radius 2 is 1.25 bits per heavy atom. The van der Waals surface area contributed by atoms with E-state index in [-0.39, 0.29) is 66.9 Å². The maximum absolute atomic E-state index is 11.9. The van der Waals surface area contributed by atoms with E-state index in [2.05, 4.69) is 37.1 Å². The van der Waals surface area contributed by atoms with Gasteiger partial charge >= 0.3 is 49.9 Å². The quantitative estimate of drug-likeness (QED) is 0.0384. The number of carbonyl (C=O) groups is 2. The first-order valence-corrected chi connectivity index (χ1v) is 24.8. The molecule has 0 N–H and O–H groups in total. The zero-order valence-electron chi connectivity index (χ0n) is 32.7. The Morgan fingerprint density at radius 3 is 1.65 bits per heavy atom. The van der Waals surface area contributed by atoms with Crippen LogP contribution >= 0.6 is 0 Å². The maximum atomic E-state index is 11.9. The minimum Gasteiger partial charge on any atom is -0.861 e. The summed E-state index contributed by atoms with van der Waals surface area (Å²) in [7, 11) is -8.77. The van der Waals surface area contributed by atoms with Gasteiger partial charge in [0, 0.05) is 6.61 Å². The van der Waals surface area contributed by atoms with Crippen LogP contribution in [0.25, 0.3) is 0 Å². The van der Waals surface area contributed by atoms with E-state index in [1.807, 2.05) is 41.5 Å². The van der Waals surface area contributed by atoms with Gasteiger partial charge in [0.25, 0.3) is 0 Å². The molecule has 18 heteroatoms. The number of alkyl halides is 3. The van der Waals surface area contributed by atoms with Crippen LogP contribution in [-0.4, -0.2) is 88.0 Å². The van der Waals surface area contributed by atoms with Gasteiger partial charge in [-0.05, 0) is 96.5 Å². The second-order valence-electron chi connectivity index (χ2n) is 14.3. The molecule has 0 saturated heterocycles. The van der Waals surface area contributed by atoms with Crippen molar-refractivity contribution in [2.45, 2.75) is 147 Å². The van der Waals surface area contributed by atoms with Crippen LogP contribution in [0.3, 0.4) is 0 Å². The molecule has 0 radical (unpaired) electrons. The van der Waals surface area contributed by atoms with Gasteiger partial charge in [0.05, 0.1) is 37.8 Å². The number of hydrogen-bond acceptors (Lipinski definition) is 10. The molecule has 11 nitrogen and oxygen atoms in total. The van der Waals surface area contributed by atoms with Crippen molar-refractivity contribution in [1.82, 2.24) is 0 Å². The molecule has 0 rings (SSSR count). The van der Waals surface area contributed by atoms with Crippen LogP contribution in [0.5, 0.6) is 0 Å². The normalized spacial score (nSPS) is 13.0. The molecule has 320 valence electrons. The largest absolute Gasteiger partial charge is 1.00 e. The van der Waals surface area contributed by atoms with Crippen LogP contribution in [0.2, 0.25) is 38.8 Å². The zero-order chi connectivity index (χ0) is 39.3. The van der Waals surface area contributed by atoms with Gasteiger partial charge in [-0.3, -0.25) is 9.59 Å². The number of hydrogen-bond donors (Lipinski definition) is 0. The number of sulfonamides is 1. The number of carbonyl (C=O) groups excluding carboxylic acids is 2. The molecule has 1 atom stereocenters. The molecule has 0 fully saturated rings. The molecule has 0 bridgehead atoms. The molecule has 0 amide bonds. The summed E-state index contributed by atoms with van der Waals surface area (Å²) in [6, 6.07) is 1.05. The molecular weight excluding hydrogens is 835 g/mol. The molecule has 0 spiro atoms. The number of halogens is 3. The fourth-order valence-electron chi connectivity index (χ4n) is 3.19. The summed E-state index contributed by atoms with van der Waals surface area (Å²) < 4.78 is 85.7. The van der Waals surface area contributed by atoms with Gasteiger partial charge in [0.15, 0.2) is 16.6 Å². The summed E-state index contributed by atoms with van der Waals surface area (Å²) in [5, 5.41) is 11.1. The first-order chi connectivity index (χ1) is 22.1. The molecule has 52 heavy (non-hydrogen) atoms. The van der Waals surface area contributed by atoms with Crippen LogP contribution in [-0.2, 0) is 65.1 Å². The van der Waals surface area contributed by atoms with Crippen molar-refractivity contribution in [3.63, 3.8) is 0 Å². The molecule has 0 heterocycles. The molecule has 0 aromatic rings. The Morgan fingerprint density at radius 1 is 0.788 bits per heavy atom. The summed E-state index contributed by atoms with van der Waals surface area (Å²) in [6.07, 6.45) is 2.73. The SMILES string of the molecule is C.C.CCC(C)(C)C(=O)OCCC[Si](C)(C)O[Si](C)(C)C.CCC(C)(C)C([O-])=NS(=O)(=O)C(F)(F)F.CCOCCOCCOC(=O)C(C)CC.[Ag+]. The van der Waals surface area contributed by atoms with Gasteiger partial charge in [0.2, 0.25) is 0 Å². The number of esters is 2. The van der Waals surface area contributed by atoms with Gasteiger partial charge in [-0.25, -0.2) is 0 Å². The molecule has 0 aliphatic rings. The standard InChI is InChI=1S/C14H32O3Si2.C11H22O4.C7H12F3NO3S.2CH4.Ag/c1-9-14(2,3)13(15)16-11-10-12-19(7,8)17-18(4,5)6;1-4-10(3)11(12)15-9-8-14-7-6-13-5-2;1-4-6(2,3)5(12)11-15(13,14)7(8,9)10;;;/h9-12H2,1-8H3;10H,4-9H2,1-3H3;4H2,1-3H3,(H,11,12);2*1H4;/q;;;;;+1/p-1. The van der Waals surface area contributed by atoms with Crippen molar-refractivity contribution < 1.29 is 81.7 Å². The van der Waals surface area contributed by atoms with Crippen LogP contribution in [0.4, 0.5) is 13.2 Å². The molecule has 0 aromatic heterocycles. The van der Waals surface area contributed by atoms with Crippen molar-refractivity contribution in [3.8, 4) is 0 Å². The monoisotopic (exact) mass is 907 g/mol. The number of rotatable bonds is 20. The van der Waals surface area contributed by atoms with E-state index >= 15 is 0 Å². The van der Waals surface area contributed by atoms with Crippen molar-refractivity contribution >= 4 is 44.5 Å². The van der Waals surface area contributed by atoms with E-state index in [0.29, 0.717) is 39.6 Å². The minimum atomic E-state index is -5.71. The summed E-state index contributed by atoms with van der Waals surface area (Å²) in [5.74, 6) is -1.54. The molecular formula is C34H73AgF3NO10SSi2. The van der Waals surface area contributed by atoms with Gasteiger partial charge in [-0.1, -0.05) is 56.4 Å². The van der Waals surface area contributed by atoms with Crippen molar-refractivity contribution in [2.24, 2.45) is 21.1 Å². The first kappa shape index (κ1) is 63.2. The van der Waals surface area contributed by atoms with Crippen molar-refractivity contribution in [2.75, 3.05) is 39.6 Å². The van der Waals surface area contributed by atoms with E-state index < -0.39 is 43.5 Å². The second-order valence-corrected chi connectivity index (χ2v) is 24.9. The average Bonchev–Trinajstić information content (AvgIpc) is 2.96. The Bertz CT molecular complexity index is 1090. The first-order valence-electron chi connectivity index (χ1n) is 16.8. The van der Waals surface area contributed by atoms with Crippen LogP contribution in [0.1, 0.15) is 103 Å². The summed E-state index contributed by atoms with van der Waals surface area (Å²) in [6.45, 7) is 30.2. The summed E-state index contributed by atoms with van der Waals surface area (Å²) in [4.78, 5) is 23.0. The Hall–Kier alpha value is -0.796. The van der Waals surface area contributed by atoms with E-state index in [4.69, 9.17) is 23.1 Å². The van der Waals surface area contributed by atoms with Gasteiger partial charge in [0.1, 0.15) is 6.61 Å². The fourth-order valence-corrected chi connectivity index (χ4v) is 11.8. The predicted molar refractivity (Wildman–Crippen MR) is 204 cm³/mol. The molecule has 0 aliphatic heterocycles. The third-order valence-corrected chi connectivity index (χ3v) is 14.4. The zero-order valence-corrected chi connectivity index (χ0v) is 37.0. The van der Waals surface area contributed by atoms with Crippen LogP contribution in [0.15, 0.2) is 4.40 Å². The van der Waals surface area contributed by atoms with Gasteiger partial charge in [-0.2, -0.15) is 26.0 Å². The van der Waals surface area contributed by atoms with E-state index in [9.17, 15) is 36.3 Å². The van der Waals surface area contributed by atoms with Gasteiger partial charge in [-0.15, -0.1) is 0 Å². The van der Waals surface area contributed by atoms with Crippen molar-refractivity contribution in [3.05, 3.63) is 0 Å².